The SMILES string of the molecule is CCNC(=NCc1c(C)cc(C)cc1C)NC(C)C.I. The quantitative estimate of drug-likeness (QED) is 0.468. The number of aryl methyl sites for hydroxylation is 3. The number of hydrogen-bond acceptors (Lipinski definition) is 1. The largest absolute Gasteiger partial charge is 0.357 e. The molecule has 1 aromatic rings. The molecular weight excluding hydrogens is 361 g/mol. The Labute approximate surface area is 140 Å². The third kappa shape index (κ3) is 6.11. The molecule has 4 heteroatoms. The second kappa shape index (κ2) is 9.21. The van der Waals surface area contributed by atoms with Crippen molar-refractivity contribution >= 4 is 29.9 Å². The van der Waals surface area contributed by atoms with Crippen LogP contribution in [0.3, 0.4) is 0 Å². The van der Waals surface area contributed by atoms with Gasteiger partial charge in [0.15, 0.2) is 5.96 Å². The molecule has 3 nitrogen and oxygen atoms in total. The predicted molar refractivity (Wildman–Crippen MR) is 99.2 cm³/mol. The minimum absolute atomic E-state index is 0. The molecular formula is C16H28IN3. The van der Waals surface area contributed by atoms with Crippen LogP contribution in [0.1, 0.15) is 43.0 Å². The van der Waals surface area contributed by atoms with Crippen LogP contribution >= 0.6 is 24.0 Å². The Balaban J connectivity index is 0.00000361. The summed E-state index contributed by atoms with van der Waals surface area (Å²) in [6.45, 7) is 14.4. The van der Waals surface area contributed by atoms with Gasteiger partial charge in [-0.3, -0.25) is 0 Å². The van der Waals surface area contributed by atoms with Gasteiger partial charge in [0.05, 0.1) is 6.54 Å². The smallest absolute Gasteiger partial charge is 0.191 e. The highest BCUT2D eigenvalue weighted by atomic mass is 127. The van der Waals surface area contributed by atoms with E-state index in [-0.39, 0.29) is 24.0 Å². The summed E-state index contributed by atoms with van der Waals surface area (Å²) in [5.74, 6) is 0.886. The highest BCUT2D eigenvalue weighted by Crippen LogP contribution is 2.17. The molecule has 114 valence electrons. The minimum Gasteiger partial charge on any atom is -0.357 e. The van der Waals surface area contributed by atoms with Gasteiger partial charge in [0.1, 0.15) is 0 Å². The zero-order chi connectivity index (χ0) is 14.4. The molecule has 0 amide bonds. The summed E-state index contributed by atoms with van der Waals surface area (Å²) in [7, 11) is 0. The van der Waals surface area contributed by atoms with Crippen LogP contribution in [0.4, 0.5) is 0 Å². The summed E-state index contributed by atoms with van der Waals surface area (Å²) in [5.41, 5.74) is 5.28. The molecule has 0 fully saturated rings. The summed E-state index contributed by atoms with van der Waals surface area (Å²) in [6, 6.07) is 4.83. The third-order valence-corrected chi connectivity index (χ3v) is 3.01. The Bertz CT molecular complexity index is 430. The first-order valence-electron chi connectivity index (χ1n) is 7.05. The van der Waals surface area contributed by atoms with Gasteiger partial charge in [-0.2, -0.15) is 0 Å². The van der Waals surface area contributed by atoms with Crippen molar-refractivity contribution in [2.45, 2.75) is 54.1 Å². The number of nitrogens with zero attached hydrogens (tertiary/aromatic N) is 1. The zero-order valence-electron chi connectivity index (χ0n) is 13.5. The number of guanidine groups is 1. The summed E-state index contributed by atoms with van der Waals surface area (Å²) in [5, 5.41) is 6.61. The van der Waals surface area contributed by atoms with E-state index in [4.69, 9.17) is 0 Å². The molecule has 1 rings (SSSR count). The fourth-order valence-corrected chi connectivity index (χ4v) is 2.21. The highest BCUT2D eigenvalue weighted by Gasteiger charge is 2.04. The van der Waals surface area contributed by atoms with Crippen molar-refractivity contribution in [2.24, 2.45) is 4.99 Å². The van der Waals surface area contributed by atoms with Crippen LogP contribution in [0.5, 0.6) is 0 Å². The molecule has 0 aliphatic heterocycles. The summed E-state index contributed by atoms with van der Waals surface area (Å²) in [4.78, 5) is 4.67. The van der Waals surface area contributed by atoms with Gasteiger partial charge in [0, 0.05) is 12.6 Å². The van der Waals surface area contributed by atoms with Gasteiger partial charge in [-0.05, 0) is 58.2 Å². The van der Waals surface area contributed by atoms with Crippen LogP contribution in [0, 0.1) is 20.8 Å². The second-order valence-electron chi connectivity index (χ2n) is 5.37. The van der Waals surface area contributed by atoms with Crippen LogP contribution in [-0.4, -0.2) is 18.5 Å². The van der Waals surface area contributed by atoms with Gasteiger partial charge in [-0.25, -0.2) is 4.99 Å². The van der Waals surface area contributed by atoms with E-state index in [2.05, 4.69) is 69.3 Å². The lowest BCUT2D eigenvalue weighted by molar-refractivity contribution is 0.700. The molecule has 0 radical (unpaired) electrons. The van der Waals surface area contributed by atoms with E-state index < -0.39 is 0 Å². The summed E-state index contributed by atoms with van der Waals surface area (Å²) >= 11 is 0. The second-order valence-corrected chi connectivity index (χ2v) is 5.37. The lowest BCUT2D eigenvalue weighted by Crippen LogP contribution is -2.41. The van der Waals surface area contributed by atoms with Crippen molar-refractivity contribution < 1.29 is 0 Å². The van der Waals surface area contributed by atoms with Crippen molar-refractivity contribution in [1.82, 2.24) is 10.6 Å². The monoisotopic (exact) mass is 389 g/mol. The van der Waals surface area contributed by atoms with E-state index in [1.807, 2.05) is 0 Å². The molecule has 0 bridgehead atoms. The van der Waals surface area contributed by atoms with E-state index in [1.165, 1.54) is 22.3 Å². The van der Waals surface area contributed by atoms with Gasteiger partial charge in [0.25, 0.3) is 0 Å². The molecule has 0 unspecified atom stereocenters. The van der Waals surface area contributed by atoms with E-state index in [9.17, 15) is 0 Å². The van der Waals surface area contributed by atoms with Crippen molar-refractivity contribution in [3.63, 3.8) is 0 Å². The fourth-order valence-electron chi connectivity index (χ4n) is 2.21. The standard InChI is InChI=1S/C16H27N3.HI/c1-7-17-16(19-11(2)3)18-10-15-13(5)8-12(4)9-14(15)6;/h8-9,11H,7,10H2,1-6H3,(H2,17,18,19);1H. The Kier molecular flexibility index (Phi) is 8.85. The highest BCUT2D eigenvalue weighted by molar-refractivity contribution is 14.0. The number of benzene rings is 1. The van der Waals surface area contributed by atoms with Crippen molar-refractivity contribution in [3.8, 4) is 0 Å². The molecule has 0 heterocycles. The first-order chi connectivity index (χ1) is 8.93. The first-order valence-corrected chi connectivity index (χ1v) is 7.05. The minimum atomic E-state index is 0. The summed E-state index contributed by atoms with van der Waals surface area (Å²) in [6.07, 6.45) is 0. The third-order valence-electron chi connectivity index (χ3n) is 3.01. The molecule has 0 aromatic heterocycles. The fraction of sp³-hybridized carbons (Fsp3) is 0.562. The molecule has 0 saturated heterocycles. The van der Waals surface area contributed by atoms with E-state index in [1.54, 1.807) is 0 Å². The Hall–Kier alpha value is -0.780. The maximum atomic E-state index is 4.67. The maximum Gasteiger partial charge on any atom is 0.191 e. The molecule has 0 saturated carbocycles. The molecule has 1 aromatic carbocycles. The maximum absolute atomic E-state index is 4.67. The summed E-state index contributed by atoms with van der Waals surface area (Å²) < 4.78 is 0. The lowest BCUT2D eigenvalue weighted by atomic mass is 10.00. The van der Waals surface area contributed by atoms with E-state index >= 15 is 0 Å². The molecule has 0 aliphatic carbocycles. The van der Waals surface area contributed by atoms with Gasteiger partial charge in [0.2, 0.25) is 0 Å². The van der Waals surface area contributed by atoms with E-state index in [0.29, 0.717) is 6.04 Å². The van der Waals surface area contributed by atoms with Crippen LogP contribution in [0.2, 0.25) is 0 Å². The number of hydrogen-bond donors (Lipinski definition) is 2. The van der Waals surface area contributed by atoms with Crippen LogP contribution in [0.25, 0.3) is 0 Å². The lowest BCUT2D eigenvalue weighted by Gasteiger charge is -2.15. The van der Waals surface area contributed by atoms with E-state index in [0.717, 1.165) is 19.0 Å². The van der Waals surface area contributed by atoms with Crippen LogP contribution in [-0.2, 0) is 6.54 Å². The molecule has 0 spiro atoms. The molecule has 0 aliphatic rings. The number of rotatable bonds is 4. The number of halogens is 1. The van der Waals surface area contributed by atoms with Gasteiger partial charge >= 0.3 is 0 Å². The molecule has 0 atom stereocenters. The average molecular weight is 389 g/mol. The van der Waals surface area contributed by atoms with Gasteiger partial charge in [-0.1, -0.05) is 17.7 Å². The Morgan fingerprint density at radius 1 is 1.15 bits per heavy atom. The Morgan fingerprint density at radius 3 is 2.15 bits per heavy atom. The van der Waals surface area contributed by atoms with Crippen LogP contribution < -0.4 is 10.6 Å². The van der Waals surface area contributed by atoms with Crippen molar-refractivity contribution in [2.75, 3.05) is 6.54 Å². The van der Waals surface area contributed by atoms with Crippen LogP contribution in [0.15, 0.2) is 17.1 Å². The normalized spacial score (nSPS) is 11.2. The van der Waals surface area contributed by atoms with Gasteiger partial charge < -0.3 is 10.6 Å². The number of aliphatic imine (C=N–C) groups is 1. The zero-order valence-corrected chi connectivity index (χ0v) is 15.8. The Morgan fingerprint density at radius 2 is 1.70 bits per heavy atom. The van der Waals surface area contributed by atoms with Crippen molar-refractivity contribution in [1.29, 1.82) is 0 Å². The topological polar surface area (TPSA) is 36.4 Å². The number of nitrogens with one attached hydrogen (secondary N) is 2. The van der Waals surface area contributed by atoms with Crippen molar-refractivity contribution in [3.05, 3.63) is 34.4 Å². The predicted octanol–water partition coefficient (Wildman–Crippen LogP) is 3.69. The average Bonchev–Trinajstić information content (AvgIpc) is 2.26. The molecule has 20 heavy (non-hydrogen) atoms. The van der Waals surface area contributed by atoms with Gasteiger partial charge in [-0.15, -0.1) is 24.0 Å². The molecule has 2 N–H and O–H groups in total. The first kappa shape index (κ1) is 19.2.